The van der Waals surface area contributed by atoms with Crippen LogP contribution in [-0.4, -0.2) is 47.2 Å². The van der Waals surface area contributed by atoms with Gasteiger partial charge in [-0.2, -0.15) is 5.10 Å². The summed E-state index contributed by atoms with van der Waals surface area (Å²) in [4.78, 5) is 13.2. The summed E-state index contributed by atoms with van der Waals surface area (Å²) in [5.41, 5.74) is 6.60. The van der Waals surface area contributed by atoms with E-state index in [0.29, 0.717) is 5.88 Å². The van der Waals surface area contributed by atoms with E-state index in [1.54, 1.807) is 0 Å². The molecule has 0 spiro atoms. The lowest BCUT2D eigenvalue weighted by Gasteiger charge is -2.29. The molecule has 2 unspecified atom stereocenters. The summed E-state index contributed by atoms with van der Waals surface area (Å²) >= 11 is 9.49. The molecule has 164 valence electrons. The maximum atomic E-state index is 13.2. The molecule has 3 aliphatic rings. The van der Waals surface area contributed by atoms with E-state index in [0.717, 1.165) is 81.2 Å². The molecule has 5 nitrogen and oxygen atoms in total. The Bertz CT molecular complexity index is 780. The molecular formula is C23H32BrClN4O. The van der Waals surface area contributed by atoms with Gasteiger partial charge in [0.15, 0.2) is 0 Å². The number of halogens is 2. The summed E-state index contributed by atoms with van der Waals surface area (Å²) in [6.45, 7) is 2.74. The van der Waals surface area contributed by atoms with Crippen LogP contribution >= 0.6 is 27.5 Å². The van der Waals surface area contributed by atoms with Gasteiger partial charge in [0.2, 0.25) is 0 Å². The minimum atomic E-state index is -0.00396. The number of hydrazone groups is 1. The molecular weight excluding hydrogens is 464 g/mol. The average molecular weight is 496 g/mol. The van der Waals surface area contributed by atoms with Crippen LogP contribution < -0.4 is 5.43 Å². The van der Waals surface area contributed by atoms with Crippen LogP contribution in [0.3, 0.4) is 0 Å². The van der Waals surface area contributed by atoms with Gasteiger partial charge in [-0.25, -0.2) is 5.01 Å². The highest BCUT2D eigenvalue weighted by Crippen LogP contribution is 2.43. The molecule has 0 aromatic heterocycles. The van der Waals surface area contributed by atoms with Gasteiger partial charge in [0, 0.05) is 35.9 Å². The van der Waals surface area contributed by atoms with Gasteiger partial charge in [0.1, 0.15) is 5.71 Å². The molecule has 7 heteroatoms. The number of nitrogens with zero attached hydrogens (tertiary/aromatic N) is 3. The number of nitrogens with one attached hydrogen (secondary N) is 1. The highest BCUT2D eigenvalue weighted by Gasteiger charge is 2.43. The van der Waals surface area contributed by atoms with Crippen molar-refractivity contribution in [3.05, 3.63) is 33.8 Å². The van der Waals surface area contributed by atoms with Crippen LogP contribution in [0.5, 0.6) is 0 Å². The number of benzene rings is 1. The van der Waals surface area contributed by atoms with E-state index in [9.17, 15) is 4.79 Å². The van der Waals surface area contributed by atoms with Crippen molar-refractivity contribution < 1.29 is 4.79 Å². The van der Waals surface area contributed by atoms with E-state index < -0.39 is 0 Å². The first-order chi connectivity index (χ1) is 14.7. The number of aryl methyl sites for hydroxylation is 1. The van der Waals surface area contributed by atoms with Gasteiger partial charge >= 0.3 is 0 Å². The molecule has 1 saturated heterocycles. The number of fused-ring (bicyclic) bond motifs is 3. The van der Waals surface area contributed by atoms with Crippen molar-refractivity contribution in [3.8, 4) is 0 Å². The molecule has 4 rings (SSSR count). The third kappa shape index (κ3) is 5.03. The average Bonchev–Trinajstić information content (AvgIpc) is 3.00. The van der Waals surface area contributed by atoms with Crippen LogP contribution in [0.4, 0.5) is 0 Å². The number of rotatable bonds is 7. The lowest BCUT2D eigenvalue weighted by molar-refractivity contribution is -0.120. The largest absolute Gasteiger partial charge is 0.288 e. The molecule has 1 N–H and O–H groups in total. The third-order valence-electron chi connectivity index (χ3n) is 6.54. The lowest BCUT2D eigenvalue weighted by atomic mass is 9.87. The Balaban J connectivity index is 1.57. The van der Waals surface area contributed by atoms with Crippen molar-refractivity contribution in [1.82, 2.24) is 15.4 Å². The predicted molar refractivity (Wildman–Crippen MR) is 126 cm³/mol. The zero-order chi connectivity index (χ0) is 20.9. The van der Waals surface area contributed by atoms with Gasteiger partial charge in [0.25, 0.3) is 5.91 Å². The molecule has 0 saturated carbocycles. The summed E-state index contributed by atoms with van der Waals surface area (Å²) < 4.78 is 1.12. The molecule has 2 heterocycles. The summed E-state index contributed by atoms with van der Waals surface area (Å²) in [5, 5.41) is 9.20. The van der Waals surface area contributed by atoms with Crippen molar-refractivity contribution in [2.75, 3.05) is 25.5 Å². The van der Waals surface area contributed by atoms with Crippen LogP contribution in [-0.2, 0) is 11.2 Å². The second kappa shape index (κ2) is 10.5. The molecule has 1 amide bonds. The molecule has 1 aromatic rings. The second-order valence-corrected chi connectivity index (χ2v) is 9.97. The lowest BCUT2D eigenvalue weighted by Crippen LogP contribution is -2.48. The Morgan fingerprint density at radius 1 is 1.17 bits per heavy atom. The normalized spacial score (nSPS) is 24.1. The zero-order valence-corrected chi connectivity index (χ0v) is 19.9. The first-order valence-electron chi connectivity index (χ1n) is 11.4. The molecule has 2 aliphatic heterocycles. The molecule has 0 bridgehead atoms. The quantitative estimate of drug-likeness (QED) is 0.426. The molecule has 2 atom stereocenters. The SMILES string of the molecule is O=C(NN1CCCCC1)C1=NN(CCCCCCl)C2c3ccc(Br)cc3CCCC12. The number of amides is 1. The van der Waals surface area contributed by atoms with Crippen molar-refractivity contribution >= 4 is 39.1 Å². The maximum Gasteiger partial charge on any atom is 0.282 e. The van der Waals surface area contributed by atoms with E-state index in [4.69, 9.17) is 16.7 Å². The van der Waals surface area contributed by atoms with Gasteiger partial charge in [0.05, 0.1) is 6.04 Å². The van der Waals surface area contributed by atoms with Gasteiger partial charge < -0.3 is 0 Å². The third-order valence-corrected chi connectivity index (χ3v) is 7.30. The van der Waals surface area contributed by atoms with E-state index in [2.05, 4.69) is 49.6 Å². The number of hydrazine groups is 1. The van der Waals surface area contributed by atoms with Gasteiger partial charge in [-0.1, -0.05) is 34.8 Å². The summed E-state index contributed by atoms with van der Waals surface area (Å²) in [7, 11) is 0. The summed E-state index contributed by atoms with van der Waals surface area (Å²) in [6, 6.07) is 6.76. The number of unbranched alkanes of at least 4 members (excludes halogenated alkanes) is 2. The van der Waals surface area contributed by atoms with E-state index in [1.165, 1.54) is 17.5 Å². The number of carbonyl (C=O) groups excluding carboxylic acids is 1. The Kier molecular flexibility index (Phi) is 7.71. The standard InChI is InChI=1S/C23H32BrClN4O/c24-18-10-11-19-17(16-18)8-7-9-20-21(23(30)27-28-13-4-2-5-14-28)26-29(22(19)20)15-6-1-3-12-25/h10-11,16,20,22H,1-9,12-15H2,(H,27,30). The van der Waals surface area contributed by atoms with Crippen molar-refractivity contribution in [1.29, 1.82) is 0 Å². The van der Waals surface area contributed by atoms with Crippen LogP contribution in [0.15, 0.2) is 27.8 Å². The van der Waals surface area contributed by atoms with Crippen LogP contribution in [0.1, 0.15) is 68.5 Å². The fraction of sp³-hybridized carbons (Fsp3) is 0.652. The van der Waals surface area contributed by atoms with Gasteiger partial charge in [-0.05, 0) is 68.2 Å². The Morgan fingerprint density at radius 2 is 2.00 bits per heavy atom. The fourth-order valence-electron chi connectivity index (χ4n) is 5.05. The molecule has 1 aliphatic carbocycles. The fourth-order valence-corrected chi connectivity index (χ4v) is 5.65. The Morgan fingerprint density at radius 3 is 2.80 bits per heavy atom. The van der Waals surface area contributed by atoms with E-state index in [1.807, 2.05) is 0 Å². The predicted octanol–water partition coefficient (Wildman–Crippen LogP) is 5.04. The van der Waals surface area contributed by atoms with Gasteiger partial charge in [-0.3, -0.25) is 15.2 Å². The van der Waals surface area contributed by atoms with Crippen molar-refractivity contribution in [3.63, 3.8) is 0 Å². The second-order valence-electron chi connectivity index (χ2n) is 8.67. The van der Waals surface area contributed by atoms with Crippen molar-refractivity contribution in [2.24, 2.45) is 11.0 Å². The van der Waals surface area contributed by atoms with E-state index in [-0.39, 0.29) is 17.9 Å². The molecule has 1 fully saturated rings. The first kappa shape index (κ1) is 22.1. The first-order valence-corrected chi connectivity index (χ1v) is 12.8. The number of carbonyl (C=O) groups is 1. The minimum Gasteiger partial charge on any atom is -0.288 e. The Hall–Kier alpha value is -1.11. The van der Waals surface area contributed by atoms with E-state index >= 15 is 0 Å². The number of piperidine rings is 1. The number of hydrogen-bond acceptors (Lipinski definition) is 4. The smallest absolute Gasteiger partial charge is 0.282 e. The highest BCUT2D eigenvalue weighted by molar-refractivity contribution is 9.10. The Labute approximate surface area is 193 Å². The maximum absolute atomic E-state index is 13.2. The summed E-state index contributed by atoms with van der Waals surface area (Å²) in [6.07, 6.45) is 9.85. The molecule has 0 radical (unpaired) electrons. The minimum absolute atomic E-state index is 0.00396. The van der Waals surface area contributed by atoms with Gasteiger partial charge in [-0.15, -0.1) is 11.6 Å². The number of hydrogen-bond donors (Lipinski definition) is 1. The zero-order valence-electron chi connectivity index (χ0n) is 17.6. The molecule has 30 heavy (non-hydrogen) atoms. The van der Waals surface area contributed by atoms with Crippen LogP contribution in [0.25, 0.3) is 0 Å². The molecule has 1 aromatic carbocycles. The monoisotopic (exact) mass is 494 g/mol. The highest BCUT2D eigenvalue weighted by atomic mass is 79.9. The van der Waals surface area contributed by atoms with Crippen molar-refractivity contribution in [2.45, 2.75) is 63.8 Å². The topological polar surface area (TPSA) is 47.9 Å². The number of alkyl halides is 1. The van der Waals surface area contributed by atoms with Crippen LogP contribution in [0.2, 0.25) is 0 Å². The summed E-state index contributed by atoms with van der Waals surface area (Å²) in [5.74, 6) is 0.858. The van der Waals surface area contributed by atoms with Crippen LogP contribution in [0, 0.1) is 5.92 Å².